The Morgan fingerprint density at radius 1 is 1.53 bits per heavy atom. The van der Waals surface area contributed by atoms with Crippen molar-refractivity contribution in [2.75, 3.05) is 24.8 Å². The molecule has 1 atom stereocenters. The van der Waals surface area contributed by atoms with E-state index in [1.807, 2.05) is 13.8 Å². The highest BCUT2D eigenvalue weighted by molar-refractivity contribution is 5.62. The molecule has 1 aromatic rings. The van der Waals surface area contributed by atoms with E-state index in [-0.39, 0.29) is 12.1 Å². The number of nitrogen functional groups attached to an aromatic ring is 1. The topological polar surface area (TPSA) is 93.3 Å². The molecule has 0 aliphatic rings. The van der Waals surface area contributed by atoms with Crippen LogP contribution in [0.1, 0.15) is 26.7 Å². The van der Waals surface area contributed by atoms with E-state index < -0.39 is 0 Å². The lowest BCUT2D eigenvalue weighted by Gasteiger charge is -2.30. The van der Waals surface area contributed by atoms with E-state index in [9.17, 15) is 0 Å². The van der Waals surface area contributed by atoms with Crippen LogP contribution in [0.15, 0.2) is 6.33 Å². The number of ether oxygens (including phenoxy) is 1. The van der Waals surface area contributed by atoms with Crippen LogP contribution >= 0.6 is 0 Å². The summed E-state index contributed by atoms with van der Waals surface area (Å²) >= 11 is 0. The van der Waals surface area contributed by atoms with Crippen LogP contribution in [0.5, 0.6) is 5.75 Å². The van der Waals surface area contributed by atoms with Crippen molar-refractivity contribution in [3.8, 4) is 5.75 Å². The fourth-order valence-corrected chi connectivity index (χ4v) is 1.54. The van der Waals surface area contributed by atoms with E-state index >= 15 is 0 Å². The van der Waals surface area contributed by atoms with Gasteiger partial charge in [-0.05, 0) is 19.8 Å². The quantitative estimate of drug-likeness (QED) is 0.687. The smallest absolute Gasteiger partial charge is 0.203 e. The zero-order valence-corrected chi connectivity index (χ0v) is 10.5. The Balaban J connectivity index is 2.97. The van der Waals surface area contributed by atoms with E-state index in [0.717, 1.165) is 6.42 Å². The molecule has 96 valence electrons. The molecule has 0 saturated heterocycles. The number of rotatable bonds is 6. The first-order chi connectivity index (χ1) is 8.06. The number of aromatic nitrogens is 2. The van der Waals surface area contributed by atoms with Gasteiger partial charge in [-0.25, -0.2) is 9.97 Å². The molecule has 0 spiro atoms. The molecular weight excluding hydrogens is 220 g/mol. The number of nitrogens with one attached hydrogen (secondary N) is 1. The Morgan fingerprint density at radius 2 is 2.24 bits per heavy atom. The molecule has 4 N–H and O–H groups in total. The van der Waals surface area contributed by atoms with Gasteiger partial charge in [-0.3, -0.25) is 0 Å². The monoisotopic (exact) mass is 240 g/mol. The number of nitrogens with zero attached hydrogens (tertiary/aromatic N) is 2. The minimum Gasteiger partial charge on any atom is -0.490 e. The highest BCUT2D eigenvalue weighted by atomic mass is 16.5. The maximum absolute atomic E-state index is 9.06. The number of nitrogens with two attached hydrogens (primary N) is 1. The molecule has 17 heavy (non-hydrogen) atoms. The van der Waals surface area contributed by atoms with Crippen LogP contribution in [0, 0.1) is 0 Å². The second-order valence-electron chi connectivity index (χ2n) is 4.15. The molecule has 0 saturated carbocycles. The van der Waals surface area contributed by atoms with Gasteiger partial charge in [0.25, 0.3) is 0 Å². The van der Waals surface area contributed by atoms with Crippen LogP contribution in [0.25, 0.3) is 0 Å². The van der Waals surface area contributed by atoms with Gasteiger partial charge >= 0.3 is 0 Å². The van der Waals surface area contributed by atoms with E-state index in [0.29, 0.717) is 23.8 Å². The summed E-state index contributed by atoms with van der Waals surface area (Å²) in [6.45, 7) is 4.17. The van der Waals surface area contributed by atoms with Crippen molar-refractivity contribution < 1.29 is 9.84 Å². The summed E-state index contributed by atoms with van der Waals surface area (Å²) in [6.07, 6.45) is 2.85. The van der Waals surface area contributed by atoms with E-state index in [1.54, 1.807) is 0 Å². The van der Waals surface area contributed by atoms with Crippen LogP contribution in [0.2, 0.25) is 0 Å². The molecule has 0 amide bonds. The molecule has 1 unspecified atom stereocenters. The minimum atomic E-state index is -0.247. The highest BCUT2D eigenvalue weighted by Gasteiger charge is 2.24. The van der Waals surface area contributed by atoms with Gasteiger partial charge in [0.05, 0.1) is 7.11 Å². The van der Waals surface area contributed by atoms with Crippen molar-refractivity contribution in [2.45, 2.75) is 32.2 Å². The fourth-order valence-electron chi connectivity index (χ4n) is 1.54. The molecule has 6 heteroatoms. The maximum atomic E-state index is 9.06. The number of aliphatic hydroxyl groups is 1. The van der Waals surface area contributed by atoms with Crippen LogP contribution < -0.4 is 15.8 Å². The largest absolute Gasteiger partial charge is 0.490 e. The lowest BCUT2D eigenvalue weighted by Crippen LogP contribution is -2.35. The van der Waals surface area contributed by atoms with Gasteiger partial charge in [0.15, 0.2) is 11.6 Å². The Hall–Kier alpha value is -1.56. The lowest BCUT2D eigenvalue weighted by atomic mass is 9.95. The predicted molar refractivity (Wildman–Crippen MR) is 67.0 cm³/mol. The van der Waals surface area contributed by atoms with Gasteiger partial charge in [0, 0.05) is 12.1 Å². The molecule has 0 aliphatic carbocycles. The molecule has 0 radical (unpaired) electrons. The minimum absolute atomic E-state index is 0.111. The zero-order valence-electron chi connectivity index (χ0n) is 10.5. The SMILES string of the molecule is CCC(C)(CCO)Nc1ncnc(N)c1OC. The number of methoxy groups -OCH3 is 1. The first kappa shape index (κ1) is 13.5. The number of hydrogen-bond donors (Lipinski definition) is 3. The molecule has 0 bridgehead atoms. The molecule has 1 heterocycles. The Kier molecular flexibility index (Phi) is 4.51. The number of aliphatic hydroxyl groups excluding tert-OH is 1. The van der Waals surface area contributed by atoms with Gasteiger partial charge in [-0.1, -0.05) is 6.92 Å². The van der Waals surface area contributed by atoms with Crippen LogP contribution in [0.3, 0.4) is 0 Å². The fraction of sp³-hybridized carbons (Fsp3) is 0.636. The van der Waals surface area contributed by atoms with E-state index in [1.165, 1.54) is 13.4 Å². The molecule has 0 fully saturated rings. The normalized spacial score (nSPS) is 14.1. The van der Waals surface area contributed by atoms with Crippen molar-refractivity contribution in [3.63, 3.8) is 0 Å². The summed E-state index contributed by atoms with van der Waals surface area (Å²) in [5.74, 6) is 1.29. The summed E-state index contributed by atoms with van der Waals surface area (Å²) in [5, 5.41) is 12.3. The van der Waals surface area contributed by atoms with Gasteiger partial charge < -0.3 is 20.9 Å². The van der Waals surface area contributed by atoms with Gasteiger partial charge in [0.1, 0.15) is 6.33 Å². The number of anilines is 2. The predicted octanol–water partition coefficient (Wildman–Crippen LogP) is 1.03. The van der Waals surface area contributed by atoms with Crippen LogP contribution in [-0.4, -0.2) is 34.3 Å². The number of hydrogen-bond acceptors (Lipinski definition) is 6. The van der Waals surface area contributed by atoms with Crippen molar-refractivity contribution in [1.82, 2.24) is 9.97 Å². The standard InChI is InChI=1S/C11H20N4O2/c1-4-11(2,5-6-16)15-10-8(17-3)9(12)13-7-14-10/h7,16H,4-6H2,1-3H3,(H3,12,13,14,15). The summed E-state index contributed by atoms with van der Waals surface area (Å²) < 4.78 is 5.17. The molecule has 0 aromatic carbocycles. The second-order valence-corrected chi connectivity index (χ2v) is 4.15. The van der Waals surface area contributed by atoms with Crippen molar-refractivity contribution >= 4 is 11.6 Å². The Labute approximate surface area is 101 Å². The molecule has 1 aromatic heterocycles. The molecular formula is C11H20N4O2. The van der Waals surface area contributed by atoms with E-state index in [4.69, 9.17) is 15.6 Å². The second kappa shape index (κ2) is 5.67. The van der Waals surface area contributed by atoms with Crippen molar-refractivity contribution in [1.29, 1.82) is 0 Å². The summed E-state index contributed by atoms with van der Waals surface area (Å²) in [7, 11) is 1.52. The highest BCUT2D eigenvalue weighted by Crippen LogP contribution is 2.30. The summed E-state index contributed by atoms with van der Waals surface area (Å²) in [5.41, 5.74) is 5.45. The maximum Gasteiger partial charge on any atom is 0.203 e. The average Bonchev–Trinajstić information content (AvgIpc) is 2.30. The third-order valence-electron chi connectivity index (χ3n) is 2.90. The van der Waals surface area contributed by atoms with Crippen molar-refractivity contribution in [2.24, 2.45) is 0 Å². The third kappa shape index (κ3) is 3.20. The van der Waals surface area contributed by atoms with Crippen LogP contribution in [-0.2, 0) is 0 Å². The van der Waals surface area contributed by atoms with Crippen LogP contribution in [0.4, 0.5) is 11.6 Å². The lowest BCUT2D eigenvalue weighted by molar-refractivity contribution is 0.251. The zero-order chi connectivity index (χ0) is 12.9. The molecule has 0 aliphatic heterocycles. The molecule has 6 nitrogen and oxygen atoms in total. The van der Waals surface area contributed by atoms with Gasteiger partial charge in [-0.2, -0.15) is 0 Å². The Bertz CT molecular complexity index is 372. The van der Waals surface area contributed by atoms with Gasteiger partial charge in [0.2, 0.25) is 5.75 Å². The first-order valence-electron chi connectivity index (χ1n) is 5.60. The Morgan fingerprint density at radius 3 is 2.76 bits per heavy atom. The van der Waals surface area contributed by atoms with Crippen molar-refractivity contribution in [3.05, 3.63) is 6.33 Å². The molecule has 1 rings (SSSR count). The van der Waals surface area contributed by atoms with Gasteiger partial charge in [-0.15, -0.1) is 0 Å². The third-order valence-corrected chi connectivity index (χ3v) is 2.90. The summed E-state index contributed by atoms with van der Waals surface area (Å²) in [6, 6.07) is 0. The summed E-state index contributed by atoms with van der Waals surface area (Å²) in [4.78, 5) is 7.98. The average molecular weight is 240 g/mol. The van der Waals surface area contributed by atoms with E-state index in [2.05, 4.69) is 15.3 Å². The first-order valence-corrected chi connectivity index (χ1v) is 5.60.